The lowest BCUT2D eigenvalue weighted by molar-refractivity contribution is 0.0315. The Balaban J connectivity index is 2.04. The van der Waals surface area contributed by atoms with Gasteiger partial charge < -0.3 is 20.5 Å². The zero-order chi connectivity index (χ0) is 13.9. The van der Waals surface area contributed by atoms with E-state index in [0.717, 1.165) is 19.4 Å². The second-order valence-electron chi connectivity index (χ2n) is 5.36. The fourth-order valence-corrected chi connectivity index (χ4v) is 2.08. The Morgan fingerprint density at radius 3 is 2.95 bits per heavy atom. The van der Waals surface area contributed by atoms with Gasteiger partial charge in [-0.3, -0.25) is 0 Å². The first-order valence-corrected chi connectivity index (χ1v) is 6.65. The minimum atomic E-state index is -0.142. The van der Waals surface area contributed by atoms with Crippen LogP contribution in [0.25, 0.3) is 0 Å². The van der Waals surface area contributed by atoms with Gasteiger partial charge in [0.2, 0.25) is 5.88 Å². The minimum Gasteiger partial charge on any atom is -0.473 e. The first kappa shape index (κ1) is 13.9. The average molecular weight is 266 g/mol. The average Bonchev–Trinajstić information content (AvgIpc) is 2.77. The van der Waals surface area contributed by atoms with E-state index in [9.17, 15) is 0 Å². The van der Waals surface area contributed by atoms with Crippen molar-refractivity contribution in [1.82, 2.24) is 9.97 Å². The molecule has 1 aliphatic rings. The fourth-order valence-electron chi connectivity index (χ4n) is 2.08. The van der Waals surface area contributed by atoms with Crippen molar-refractivity contribution in [3.8, 4) is 5.88 Å². The van der Waals surface area contributed by atoms with Gasteiger partial charge in [0.05, 0.1) is 11.7 Å². The summed E-state index contributed by atoms with van der Waals surface area (Å²) in [6.07, 6.45) is 3.62. The van der Waals surface area contributed by atoms with Crippen LogP contribution in [-0.4, -0.2) is 34.8 Å². The van der Waals surface area contributed by atoms with Gasteiger partial charge in [-0.1, -0.05) is 0 Å². The summed E-state index contributed by atoms with van der Waals surface area (Å²) in [7, 11) is 0. The van der Waals surface area contributed by atoms with E-state index in [1.165, 1.54) is 6.33 Å². The number of aromatic nitrogens is 2. The summed E-state index contributed by atoms with van der Waals surface area (Å²) in [6, 6.07) is 0. The second kappa shape index (κ2) is 5.61. The van der Waals surface area contributed by atoms with Crippen LogP contribution in [-0.2, 0) is 4.74 Å². The number of rotatable bonds is 5. The number of nitrogen functional groups attached to an aromatic ring is 1. The molecule has 1 aliphatic heterocycles. The van der Waals surface area contributed by atoms with E-state index in [-0.39, 0.29) is 11.7 Å². The molecule has 0 amide bonds. The van der Waals surface area contributed by atoms with Crippen LogP contribution < -0.4 is 15.8 Å². The van der Waals surface area contributed by atoms with Crippen molar-refractivity contribution in [2.24, 2.45) is 0 Å². The van der Waals surface area contributed by atoms with Crippen molar-refractivity contribution in [3.63, 3.8) is 0 Å². The largest absolute Gasteiger partial charge is 0.473 e. The fraction of sp³-hybridized carbons (Fsp3) is 0.692. The maximum absolute atomic E-state index is 6.01. The number of nitrogens with two attached hydrogens (primary N) is 1. The van der Waals surface area contributed by atoms with Crippen molar-refractivity contribution in [2.45, 2.75) is 45.3 Å². The first-order valence-electron chi connectivity index (χ1n) is 6.65. The molecule has 0 aliphatic carbocycles. The smallest absolute Gasteiger partial charge is 0.242 e. The molecule has 1 aromatic heterocycles. The van der Waals surface area contributed by atoms with Crippen LogP contribution in [0.4, 0.5) is 11.5 Å². The van der Waals surface area contributed by atoms with Crippen LogP contribution in [0.1, 0.15) is 33.6 Å². The molecule has 19 heavy (non-hydrogen) atoms. The molecule has 2 heterocycles. The molecule has 6 nitrogen and oxygen atoms in total. The van der Waals surface area contributed by atoms with E-state index in [2.05, 4.69) is 22.2 Å². The Hall–Kier alpha value is -1.56. The highest BCUT2D eigenvalue weighted by Gasteiger charge is 2.29. The molecule has 0 radical (unpaired) electrons. The monoisotopic (exact) mass is 266 g/mol. The number of anilines is 2. The minimum absolute atomic E-state index is 0.0285. The molecule has 2 rings (SSSR count). The summed E-state index contributed by atoms with van der Waals surface area (Å²) in [5.41, 5.74) is 6.31. The topological polar surface area (TPSA) is 82.3 Å². The summed E-state index contributed by atoms with van der Waals surface area (Å²) in [5, 5.41) is 3.23. The SMILES string of the molecule is CC(C)Oc1ncnc(NCC2(C)CCCO2)c1N. The third-order valence-corrected chi connectivity index (χ3v) is 3.12. The number of hydrogen-bond donors (Lipinski definition) is 2. The first-order chi connectivity index (χ1) is 9.00. The molecule has 0 aromatic carbocycles. The van der Waals surface area contributed by atoms with Crippen LogP contribution in [0.2, 0.25) is 0 Å². The third-order valence-electron chi connectivity index (χ3n) is 3.12. The zero-order valence-electron chi connectivity index (χ0n) is 11.8. The van der Waals surface area contributed by atoms with E-state index in [0.29, 0.717) is 23.9 Å². The van der Waals surface area contributed by atoms with Crippen LogP contribution in [0, 0.1) is 0 Å². The molecule has 0 bridgehead atoms. The second-order valence-corrected chi connectivity index (χ2v) is 5.36. The molecule has 1 atom stereocenters. The number of nitrogens with zero attached hydrogens (tertiary/aromatic N) is 2. The maximum Gasteiger partial charge on any atom is 0.242 e. The van der Waals surface area contributed by atoms with Crippen molar-refractivity contribution < 1.29 is 9.47 Å². The number of ether oxygens (including phenoxy) is 2. The van der Waals surface area contributed by atoms with Gasteiger partial charge in [-0.2, -0.15) is 4.98 Å². The van der Waals surface area contributed by atoms with Crippen LogP contribution in [0.5, 0.6) is 5.88 Å². The number of hydrogen-bond acceptors (Lipinski definition) is 6. The molecule has 106 valence electrons. The van der Waals surface area contributed by atoms with E-state index in [4.69, 9.17) is 15.2 Å². The van der Waals surface area contributed by atoms with Gasteiger partial charge in [0.25, 0.3) is 0 Å². The lowest BCUT2D eigenvalue weighted by Gasteiger charge is -2.24. The van der Waals surface area contributed by atoms with E-state index in [1.807, 2.05) is 13.8 Å². The molecule has 3 N–H and O–H groups in total. The summed E-state index contributed by atoms with van der Waals surface area (Å²) in [6.45, 7) is 7.45. The molecular weight excluding hydrogens is 244 g/mol. The quantitative estimate of drug-likeness (QED) is 0.846. The summed E-state index contributed by atoms with van der Waals surface area (Å²) in [5.74, 6) is 1.02. The highest BCUT2D eigenvalue weighted by Crippen LogP contribution is 2.28. The summed E-state index contributed by atoms with van der Waals surface area (Å²) < 4.78 is 11.3. The van der Waals surface area contributed by atoms with Crippen molar-refractivity contribution in [3.05, 3.63) is 6.33 Å². The Morgan fingerprint density at radius 2 is 2.32 bits per heavy atom. The molecule has 1 aromatic rings. The lowest BCUT2D eigenvalue weighted by Crippen LogP contribution is -2.33. The van der Waals surface area contributed by atoms with Crippen molar-refractivity contribution >= 4 is 11.5 Å². The Labute approximate surface area is 113 Å². The zero-order valence-corrected chi connectivity index (χ0v) is 11.8. The highest BCUT2D eigenvalue weighted by atomic mass is 16.5. The molecule has 1 unspecified atom stereocenters. The van der Waals surface area contributed by atoms with E-state index in [1.54, 1.807) is 0 Å². The third kappa shape index (κ3) is 3.47. The Kier molecular flexibility index (Phi) is 4.09. The molecule has 6 heteroatoms. The summed E-state index contributed by atoms with van der Waals surface area (Å²) in [4.78, 5) is 8.20. The summed E-state index contributed by atoms with van der Waals surface area (Å²) >= 11 is 0. The van der Waals surface area contributed by atoms with Gasteiger partial charge in [-0.15, -0.1) is 0 Å². The van der Waals surface area contributed by atoms with Gasteiger partial charge in [0.15, 0.2) is 5.82 Å². The highest BCUT2D eigenvalue weighted by molar-refractivity contribution is 5.66. The molecule has 1 saturated heterocycles. The Morgan fingerprint density at radius 1 is 1.53 bits per heavy atom. The van der Waals surface area contributed by atoms with Gasteiger partial charge in [0.1, 0.15) is 12.0 Å². The van der Waals surface area contributed by atoms with Crippen molar-refractivity contribution in [1.29, 1.82) is 0 Å². The molecule has 0 saturated carbocycles. The van der Waals surface area contributed by atoms with Crippen molar-refractivity contribution in [2.75, 3.05) is 24.2 Å². The van der Waals surface area contributed by atoms with Gasteiger partial charge in [-0.25, -0.2) is 4.98 Å². The molecule has 0 spiro atoms. The number of nitrogens with one attached hydrogen (secondary N) is 1. The van der Waals surface area contributed by atoms with Crippen LogP contribution in [0.15, 0.2) is 6.33 Å². The predicted molar refractivity (Wildman–Crippen MR) is 74.3 cm³/mol. The normalized spacial score (nSPS) is 22.7. The van der Waals surface area contributed by atoms with E-state index < -0.39 is 0 Å². The van der Waals surface area contributed by atoms with Crippen LogP contribution in [0.3, 0.4) is 0 Å². The maximum atomic E-state index is 6.01. The Bertz CT molecular complexity index is 431. The molecule has 1 fully saturated rings. The lowest BCUT2D eigenvalue weighted by atomic mass is 10.0. The van der Waals surface area contributed by atoms with Gasteiger partial charge >= 0.3 is 0 Å². The van der Waals surface area contributed by atoms with Gasteiger partial charge in [-0.05, 0) is 33.6 Å². The van der Waals surface area contributed by atoms with E-state index >= 15 is 0 Å². The molecular formula is C13H22N4O2. The van der Waals surface area contributed by atoms with Gasteiger partial charge in [0, 0.05) is 13.2 Å². The standard InChI is InChI=1S/C13H22N4O2/c1-9(2)19-12-10(14)11(16-8-17-12)15-7-13(3)5-4-6-18-13/h8-9H,4-7,14H2,1-3H3,(H,15,16,17). The van der Waals surface area contributed by atoms with Crippen LogP contribution >= 0.6 is 0 Å². The predicted octanol–water partition coefficient (Wildman–Crippen LogP) is 1.83.